The summed E-state index contributed by atoms with van der Waals surface area (Å²) in [5, 5.41) is 20.8. The molecule has 0 heterocycles. The molecule has 0 fully saturated rings. The van der Waals surface area contributed by atoms with Crippen molar-refractivity contribution in [3.8, 4) is 6.26 Å². The van der Waals surface area contributed by atoms with Crippen molar-refractivity contribution < 1.29 is 32.4 Å². The van der Waals surface area contributed by atoms with Gasteiger partial charge in [-0.1, -0.05) is 0 Å². The summed E-state index contributed by atoms with van der Waals surface area (Å²) in [6.45, 7) is 0. The molecule has 0 rings (SSSR count). The SMILES string of the molecule is N#COS(=O)(=O)C(N)(O)C(=O)O[N+](=O)[O-]. The third-order valence-electron chi connectivity index (χ3n) is 0.978. The van der Waals surface area contributed by atoms with Gasteiger partial charge >= 0.3 is 32.5 Å². The van der Waals surface area contributed by atoms with Gasteiger partial charge in [0.15, 0.2) is 0 Å². The normalized spacial score (nSPS) is 14.5. The van der Waals surface area contributed by atoms with Crippen molar-refractivity contribution in [3.63, 3.8) is 0 Å². The number of hydrogen-bond donors (Lipinski definition) is 2. The molecule has 84 valence electrons. The fourth-order valence-electron chi connectivity index (χ4n) is 0.348. The molecule has 15 heavy (non-hydrogen) atoms. The molecule has 0 aliphatic carbocycles. The van der Waals surface area contributed by atoms with Crippen LogP contribution in [0.1, 0.15) is 0 Å². The summed E-state index contributed by atoms with van der Waals surface area (Å²) in [4.78, 5) is 23.3. The molecule has 0 bridgehead atoms. The van der Waals surface area contributed by atoms with E-state index in [0.29, 0.717) is 6.26 Å². The second-order valence-corrected chi connectivity index (χ2v) is 3.62. The number of carbonyl (C=O) groups is 1. The molecule has 1 atom stereocenters. The van der Waals surface area contributed by atoms with Crippen LogP contribution in [0.5, 0.6) is 0 Å². The molecular formula is C3H3N3O8S. The summed E-state index contributed by atoms with van der Waals surface area (Å²) >= 11 is 0. The smallest absolute Gasteiger partial charge is 0.353 e. The van der Waals surface area contributed by atoms with Crippen LogP contribution >= 0.6 is 0 Å². The van der Waals surface area contributed by atoms with Crippen LogP contribution in [0.25, 0.3) is 0 Å². The maximum atomic E-state index is 10.7. The Labute approximate surface area is 81.8 Å². The van der Waals surface area contributed by atoms with Gasteiger partial charge in [-0.25, -0.2) is 4.84 Å². The number of aliphatic hydroxyl groups is 1. The summed E-state index contributed by atoms with van der Waals surface area (Å²) in [5.74, 6) is -2.32. The Hall–Kier alpha value is -1.97. The summed E-state index contributed by atoms with van der Waals surface area (Å²) in [7, 11) is -5.26. The molecule has 3 N–H and O–H groups in total. The maximum absolute atomic E-state index is 10.7. The van der Waals surface area contributed by atoms with Gasteiger partial charge in [-0.05, 0) is 0 Å². The maximum Gasteiger partial charge on any atom is 0.373 e. The lowest BCUT2D eigenvalue weighted by Gasteiger charge is -2.16. The monoisotopic (exact) mass is 241 g/mol. The molecule has 0 aliphatic rings. The van der Waals surface area contributed by atoms with E-state index in [1.165, 1.54) is 0 Å². The first-order valence-electron chi connectivity index (χ1n) is 2.85. The van der Waals surface area contributed by atoms with E-state index in [0.717, 1.165) is 0 Å². The van der Waals surface area contributed by atoms with Crippen LogP contribution in [0.3, 0.4) is 0 Å². The summed E-state index contributed by atoms with van der Waals surface area (Å²) in [6.07, 6.45) is 0.617. The van der Waals surface area contributed by atoms with Crippen molar-refractivity contribution in [1.29, 1.82) is 5.26 Å². The Morgan fingerprint density at radius 2 is 2.13 bits per heavy atom. The van der Waals surface area contributed by atoms with Crippen LogP contribution in [0.15, 0.2) is 0 Å². The number of carbonyl (C=O) groups excluding carboxylic acids is 1. The number of rotatable bonds is 4. The predicted octanol–water partition coefficient (Wildman–Crippen LogP) is -2.85. The van der Waals surface area contributed by atoms with Gasteiger partial charge in [0.25, 0.3) is 0 Å². The Balaban J connectivity index is 5.07. The molecule has 0 spiro atoms. The average molecular weight is 241 g/mol. The Kier molecular flexibility index (Phi) is 3.51. The quantitative estimate of drug-likeness (QED) is 0.171. The molecule has 0 aromatic carbocycles. The van der Waals surface area contributed by atoms with Gasteiger partial charge in [-0.15, -0.1) is 15.4 Å². The van der Waals surface area contributed by atoms with Crippen molar-refractivity contribution >= 4 is 16.1 Å². The highest BCUT2D eigenvalue weighted by Crippen LogP contribution is 2.11. The second kappa shape index (κ2) is 4.04. The van der Waals surface area contributed by atoms with Crippen LogP contribution < -0.4 is 5.73 Å². The molecular weight excluding hydrogens is 238 g/mol. The van der Waals surface area contributed by atoms with Gasteiger partial charge in [0.1, 0.15) is 0 Å². The number of nitriles is 1. The average Bonchev–Trinajstić information content (AvgIpc) is 2.02. The second-order valence-electron chi connectivity index (χ2n) is 1.93. The minimum absolute atomic E-state index is 0.617. The zero-order valence-corrected chi connectivity index (χ0v) is 7.50. The van der Waals surface area contributed by atoms with E-state index < -0.39 is 26.2 Å². The summed E-state index contributed by atoms with van der Waals surface area (Å²) in [5.41, 5.74) is 4.48. The molecule has 0 saturated heterocycles. The molecule has 0 aromatic rings. The highest BCUT2D eigenvalue weighted by Gasteiger charge is 2.50. The zero-order chi connectivity index (χ0) is 12.3. The molecule has 12 heteroatoms. The van der Waals surface area contributed by atoms with Crippen LogP contribution in [0.4, 0.5) is 0 Å². The predicted molar refractivity (Wildman–Crippen MR) is 37.8 cm³/mol. The standard InChI is InChI=1S/C3H3N3O8S/c4-1-13-15(11,12)3(5,8)2(7)14-6(9)10/h8H,5H2. The molecule has 0 saturated carbocycles. The highest BCUT2D eigenvalue weighted by molar-refractivity contribution is 7.88. The number of nitrogens with zero attached hydrogens (tertiary/aromatic N) is 2. The lowest BCUT2D eigenvalue weighted by molar-refractivity contribution is -0.730. The van der Waals surface area contributed by atoms with Gasteiger partial charge in [0.05, 0.1) is 0 Å². The lowest BCUT2D eigenvalue weighted by Crippen LogP contribution is -2.56. The molecule has 11 nitrogen and oxygen atoms in total. The van der Waals surface area contributed by atoms with Crippen LogP contribution in [-0.2, 0) is 23.9 Å². The van der Waals surface area contributed by atoms with E-state index in [1.54, 1.807) is 0 Å². The Morgan fingerprint density at radius 1 is 1.67 bits per heavy atom. The molecule has 1 unspecified atom stereocenters. The third-order valence-corrected chi connectivity index (χ3v) is 2.20. The van der Waals surface area contributed by atoms with E-state index in [2.05, 4.69) is 14.8 Å². The van der Waals surface area contributed by atoms with Gasteiger partial charge in [0, 0.05) is 0 Å². The first-order valence-corrected chi connectivity index (χ1v) is 4.26. The summed E-state index contributed by atoms with van der Waals surface area (Å²) < 4.78 is 24.7. The van der Waals surface area contributed by atoms with Crippen molar-refractivity contribution in [2.75, 3.05) is 0 Å². The van der Waals surface area contributed by atoms with Crippen LogP contribution in [0.2, 0.25) is 0 Å². The lowest BCUT2D eigenvalue weighted by atomic mass is 10.6. The first-order chi connectivity index (χ1) is 6.65. The van der Waals surface area contributed by atoms with E-state index in [4.69, 9.17) is 10.4 Å². The number of nitrogens with two attached hydrogens (primary N) is 1. The van der Waals surface area contributed by atoms with Crippen molar-refractivity contribution in [2.45, 2.75) is 5.06 Å². The van der Waals surface area contributed by atoms with E-state index in [-0.39, 0.29) is 0 Å². The van der Waals surface area contributed by atoms with E-state index >= 15 is 0 Å². The van der Waals surface area contributed by atoms with Crippen LogP contribution in [0, 0.1) is 21.6 Å². The zero-order valence-electron chi connectivity index (χ0n) is 6.68. The molecule has 0 aromatic heterocycles. The third kappa shape index (κ3) is 2.74. The van der Waals surface area contributed by atoms with Gasteiger partial charge in [-0.2, -0.15) is 8.42 Å². The largest absolute Gasteiger partial charge is 0.373 e. The van der Waals surface area contributed by atoms with Crippen molar-refractivity contribution in [3.05, 3.63) is 10.1 Å². The van der Waals surface area contributed by atoms with Gasteiger partial charge in [-0.3, -0.25) is 14.7 Å². The fraction of sp³-hybridized carbons (Fsp3) is 0.333. The molecule has 0 aliphatic heterocycles. The van der Waals surface area contributed by atoms with Gasteiger partial charge < -0.3 is 5.11 Å². The minimum Gasteiger partial charge on any atom is -0.353 e. The van der Waals surface area contributed by atoms with Crippen LogP contribution in [-0.4, -0.2) is 29.6 Å². The Morgan fingerprint density at radius 3 is 2.47 bits per heavy atom. The summed E-state index contributed by atoms with van der Waals surface area (Å²) in [6, 6.07) is 0. The van der Waals surface area contributed by atoms with Crippen molar-refractivity contribution in [1.82, 2.24) is 0 Å². The Bertz CT molecular complexity index is 417. The van der Waals surface area contributed by atoms with Crippen molar-refractivity contribution in [2.24, 2.45) is 5.73 Å². The first kappa shape index (κ1) is 13.0. The van der Waals surface area contributed by atoms with Gasteiger partial charge in [0.2, 0.25) is 0 Å². The molecule has 0 radical (unpaired) electrons. The number of hydrogen-bond acceptors (Lipinski definition) is 10. The minimum atomic E-state index is -5.26. The van der Waals surface area contributed by atoms with E-state index in [1.807, 2.05) is 0 Å². The highest BCUT2D eigenvalue weighted by atomic mass is 32.2. The molecule has 0 amide bonds. The topological polar surface area (TPSA) is 183 Å². The fourth-order valence-corrected chi connectivity index (χ4v) is 0.814. The van der Waals surface area contributed by atoms with E-state index in [9.17, 15) is 23.3 Å².